The molecule has 0 unspecified atom stereocenters. The highest BCUT2D eigenvalue weighted by Crippen LogP contribution is 2.28. The van der Waals surface area contributed by atoms with Crippen LogP contribution >= 0.6 is 0 Å². The van der Waals surface area contributed by atoms with Crippen LogP contribution in [0.25, 0.3) is 6.08 Å². The molecule has 1 aliphatic rings. The zero-order chi connectivity index (χ0) is 10.8. The molecule has 1 radical (unpaired) electrons. The number of pyridine rings is 1. The molecule has 1 aromatic heterocycles. The largest absolute Gasteiger partial charge is 0.261 e. The Labute approximate surface area is 95.5 Å². The summed E-state index contributed by atoms with van der Waals surface area (Å²) in [6.07, 6.45) is 7.24. The van der Waals surface area contributed by atoms with E-state index in [4.69, 9.17) is 0 Å². The molecule has 0 spiro atoms. The number of nitrogens with zero attached hydrogens (tertiary/aromatic N) is 1. The predicted octanol–water partition coefficient (Wildman–Crippen LogP) is 3.27. The van der Waals surface area contributed by atoms with Gasteiger partial charge in [-0.3, -0.25) is 4.98 Å². The van der Waals surface area contributed by atoms with Crippen LogP contribution in [0.5, 0.6) is 0 Å². The molecule has 0 aliphatic heterocycles. The van der Waals surface area contributed by atoms with E-state index in [1.54, 1.807) is 0 Å². The highest BCUT2D eigenvalue weighted by atomic mass is 14.7. The van der Waals surface area contributed by atoms with E-state index in [0.717, 1.165) is 12.1 Å². The smallest absolute Gasteiger partial charge is 0.0444 e. The number of allylic oxidation sites excluding steroid dienone is 1. The molecule has 0 N–H and O–H groups in total. The molecule has 77 valence electrons. The lowest BCUT2D eigenvalue weighted by atomic mass is 10.1. The van der Waals surface area contributed by atoms with E-state index in [2.05, 4.69) is 47.8 Å². The third-order valence-electron chi connectivity index (χ3n) is 2.79. The van der Waals surface area contributed by atoms with E-state index in [9.17, 15) is 0 Å². The number of benzene rings is 1. The van der Waals surface area contributed by atoms with Gasteiger partial charge in [-0.2, -0.15) is 0 Å². The second-order valence-electron chi connectivity index (χ2n) is 3.99. The molecule has 0 bridgehead atoms. The van der Waals surface area contributed by atoms with Gasteiger partial charge in [-0.15, -0.1) is 0 Å². The summed E-state index contributed by atoms with van der Waals surface area (Å²) in [6, 6.07) is 14.5. The molecule has 2 aromatic rings. The first-order chi connectivity index (χ1) is 7.92. The summed E-state index contributed by atoms with van der Waals surface area (Å²) < 4.78 is 0. The van der Waals surface area contributed by atoms with Crippen molar-refractivity contribution < 1.29 is 0 Å². The van der Waals surface area contributed by atoms with Gasteiger partial charge in [-0.25, -0.2) is 0 Å². The van der Waals surface area contributed by atoms with Gasteiger partial charge in [0.25, 0.3) is 0 Å². The number of hydrogen-bond acceptors (Lipinski definition) is 1. The topological polar surface area (TPSA) is 12.9 Å². The molecule has 1 aromatic carbocycles. The number of aromatic nitrogens is 1. The maximum absolute atomic E-state index is 4.34. The fraction of sp³-hybridized carbons (Fsp3) is 0.0667. The summed E-state index contributed by atoms with van der Waals surface area (Å²) in [4.78, 5) is 4.34. The highest BCUT2D eigenvalue weighted by molar-refractivity contribution is 5.69. The molecular formula is C15H12N. The summed E-state index contributed by atoms with van der Waals surface area (Å²) in [5, 5.41) is 0. The van der Waals surface area contributed by atoms with Gasteiger partial charge in [0, 0.05) is 24.7 Å². The monoisotopic (exact) mass is 206 g/mol. The fourth-order valence-corrected chi connectivity index (χ4v) is 2.03. The molecule has 0 saturated heterocycles. The van der Waals surface area contributed by atoms with Crippen molar-refractivity contribution in [3.8, 4) is 0 Å². The average molecular weight is 206 g/mol. The van der Waals surface area contributed by atoms with Crippen LogP contribution in [-0.2, 0) is 6.42 Å². The van der Waals surface area contributed by atoms with Gasteiger partial charge < -0.3 is 0 Å². The number of hydrogen-bond donors (Lipinski definition) is 0. The zero-order valence-corrected chi connectivity index (χ0v) is 8.93. The summed E-state index contributed by atoms with van der Waals surface area (Å²) in [5.74, 6) is 0. The Kier molecular flexibility index (Phi) is 2.30. The van der Waals surface area contributed by atoms with Crippen LogP contribution in [0.3, 0.4) is 0 Å². The third-order valence-corrected chi connectivity index (χ3v) is 2.79. The first-order valence-electron chi connectivity index (χ1n) is 5.46. The molecule has 1 nitrogen and oxygen atoms in total. The van der Waals surface area contributed by atoms with Gasteiger partial charge in [0.2, 0.25) is 0 Å². The standard InChI is InChI=1S/C15H12N/c1-2-6-14-10-12(9-13(14)5-1)11-15-7-3-4-8-16-15/h1-10H,11H2. The molecule has 0 atom stereocenters. The molecular weight excluding hydrogens is 194 g/mol. The minimum atomic E-state index is 0.912. The third kappa shape index (κ3) is 1.76. The molecule has 0 amide bonds. The summed E-state index contributed by atoms with van der Waals surface area (Å²) in [7, 11) is 0. The maximum atomic E-state index is 4.34. The van der Waals surface area contributed by atoms with Gasteiger partial charge in [-0.05, 0) is 23.3 Å². The second-order valence-corrected chi connectivity index (χ2v) is 3.99. The summed E-state index contributed by atoms with van der Waals surface area (Å²) in [6.45, 7) is 0. The molecule has 1 heteroatoms. The fourth-order valence-electron chi connectivity index (χ4n) is 2.03. The van der Waals surface area contributed by atoms with Gasteiger partial charge >= 0.3 is 0 Å². The van der Waals surface area contributed by atoms with Gasteiger partial charge in [0.1, 0.15) is 0 Å². The van der Waals surface area contributed by atoms with Crippen LogP contribution in [0.2, 0.25) is 0 Å². The minimum absolute atomic E-state index is 0.912. The van der Waals surface area contributed by atoms with Crippen LogP contribution in [-0.4, -0.2) is 4.98 Å². The van der Waals surface area contributed by atoms with Crippen molar-refractivity contribution in [3.63, 3.8) is 0 Å². The van der Waals surface area contributed by atoms with Gasteiger partial charge in [-0.1, -0.05) is 42.0 Å². The van der Waals surface area contributed by atoms with E-state index in [0.29, 0.717) is 0 Å². The summed E-state index contributed by atoms with van der Waals surface area (Å²) >= 11 is 0. The highest BCUT2D eigenvalue weighted by Gasteiger charge is 2.12. The van der Waals surface area contributed by atoms with E-state index in [1.165, 1.54) is 16.7 Å². The number of fused-ring (bicyclic) bond motifs is 1. The summed E-state index contributed by atoms with van der Waals surface area (Å²) in [5.41, 5.74) is 5.08. The van der Waals surface area contributed by atoms with Gasteiger partial charge in [0.15, 0.2) is 0 Å². The Balaban J connectivity index is 1.81. The van der Waals surface area contributed by atoms with Crippen molar-refractivity contribution in [1.82, 2.24) is 4.98 Å². The van der Waals surface area contributed by atoms with E-state index in [-0.39, 0.29) is 0 Å². The zero-order valence-electron chi connectivity index (χ0n) is 8.93. The van der Waals surface area contributed by atoms with Crippen LogP contribution < -0.4 is 0 Å². The normalized spacial score (nSPS) is 13.4. The van der Waals surface area contributed by atoms with Crippen LogP contribution in [0.15, 0.2) is 54.2 Å². The van der Waals surface area contributed by atoms with Crippen molar-refractivity contribution in [1.29, 1.82) is 0 Å². The molecule has 0 fully saturated rings. The Hall–Kier alpha value is -1.89. The molecule has 1 aliphatic carbocycles. The van der Waals surface area contributed by atoms with Crippen molar-refractivity contribution in [2.75, 3.05) is 0 Å². The Bertz CT molecular complexity index is 526. The Morgan fingerprint density at radius 1 is 0.875 bits per heavy atom. The first-order valence-corrected chi connectivity index (χ1v) is 5.46. The lowest BCUT2D eigenvalue weighted by molar-refractivity contribution is 1.07. The molecule has 0 saturated carbocycles. The second kappa shape index (κ2) is 3.93. The maximum Gasteiger partial charge on any atom is 0.0444 e. The first kappa shape index (κ1) is 9.34. The average Bonchev–Trinajstić information content (AvgIpc) is 2.72. The van der Waals surface area contributed by atoms with Crippen LogP contribution in [0, 0.1) is 6.42 Å². The number of rotatable bonds is 2. The Morgan fingerprint density at radius 2 is 1.69 bits per heavy atom. The lowest BCUT2D eigenvalue weighted by Crippen LogP contribution is -1.91. The quantitative estimate of drug-likeness (QED) is 0.734. The minimum Gasteiger partial charge on any atom is -0.261 e. The van der Waals surface area contributed by atoms with E-state index < -0.39 is 0 Å². The van der Waals surface area contributed by atoms with Crippen LogP contribution in [0.4, 0.5) is 0 Å². The predicted molar refractivity (Wildman–Crippen MR) is 65.8 cm³/mol. The van der Waals surface area contributed by atoms with Gasteiger partial charge in [0.05, 0.1) is 0 Å². The van der Waals surface area contributed by atoms with Crippen LogP contribution in [0.1, 0.15) is 16.8 Å². The SMILES string of the molecule is [CH]1C(Cc2ccccn2)=Cc2ccccc21. The van der Waals surface area contributed by atoms with Crippen molar-refractivity contribution >= 4 is 6.08 Å². The van der Waals surface area contributed by atoms with Crippen molar-refractivity contribution in [3.05, 3.63) is 77.5 Å². The van der Waals surface area contributed by atoms with Crippen molar-refractivity contribution in [2.24, 2.45) is 0 Å². The molecule has 16 heavy (non-hydrogen) atoms. The Morgan fingerprint density at radius 3 is 2.44 bits per heavy atom. The van der Waals surface area contributed by atoms with Crippen molar-refractivity contribution in [2.45, 2.75) is 6.42 Å². The lowest BCUT2D eigenvalue weighted by Gasteiger charge is -2.00. The molecule has 3 rings (SSSR count). The molecule has 1 heterocycles. The van der Waals surface area contributed by atoms with E-state index in [1.807, 2.05) is 18.3 Å². The van der Waals surface area contributed by atoms with E-state index >= 15 is 0 Å².